The van der Waals surface area contributed by atoms with Crippen molar-refractivity contribution >= 4 is 15.7 Å². The first kappa shape index (κ1) is 20.5. The highest BCUT2D eigenvalue weighted by atomic mass is 32.2. The van der Waals surface area contributed by atoms with Crippen molar-refractivity contribution < 1.29 is 13.2 Å². The van der Waals surface area contributed by atoms with E-state index in [1.54, 1.807) is 38.2 Å². The maximum Gasteiger partial charge on any atom is 0.264 e. The summed E-state index contributed by atoms with van der Waals surface area (Å²) in [5, 5.41) is 0. The van der Waals surface area contributed by atoms with Crippen LogP contribution in [0.1, 0.15) is 12.5 Å². The van der Waals surface area contributed by atoms with E-state index in [-0.39, 0.29) is 11.5 Å². The Morgan fingerprint density at radius 3 is 2.28 bits per heavy atom. The zero-order chi connectivity index (χ0) is 20.9. The van der Waals surface area contributed by atoms with Crippen molar-refractivity contribution in [3.63, 3.8) is 0 Å². The molecule has 0 bridgehead atoms. The minimum absolute atomic E-state index is 0.205. The Balaban J connectivity index is 1.97. The number of aryl methyl sites for hydroxylation is 1. The maximum atomic E-state index is 13.3. The molecule has 5 heteroatoms. The summed E-state index contributed by atoms with van der Waals surface area (Å²) in [5.41, 5.74) is 3.39. The SMILES string of the molecule is CC#CCOc1ccc(S(=O)(=O)N(C)c2c(C)cccc2-c2ccccc2)cc1. The van der Waals surface area contributed by atoms with Crippen LogP contribution in [-0.4, -0.2) is 22.1 Å². The standard InChI is InChI=1S/C24H23NO3S/c1-4-5-18-28-21-14-16-22(17-15-21)29(26,27)25(3)24-19(2)10-9-13-23(24)20-11-7-6-8-12-20/h6-17H,18H2,1-3H3. The van der Waals surface area contributed by atoms with Crippen molar-refractivity contribution in [2.24, 2.45) is 0 Å². The molecule has 0 fully saturated rings. The van der Waals surface area contributed by atoms with Gasteiger partial charge in [0, 0.05) is 12.6 Å². The second kappa shape index (κ2) is 8.85. The van der Waals surface area contributed by atoms with Gasteiger partial charge in [0.2, 0.25) is 0 Å². The Hall–Kier alpha value is -3.23. The van der Waals surface area contributed by atoms with Crippen LogP contribution in [0.2, 0.25) is 0 Å². The van der Waals surface area contributed by atoms with E-state index >= 15 is 0 Å². The summed E-state index contributed by atoms with van der Waals surface area (Å²) >= 11 is 0. The lowest BCUT2D eigenvalue weighted by Gasteiger charge is -2.24. The highest BCUT2D eigenvalue weighted by Crippen LogP contribution is 2.36. The fourth-order valence-corrected chi connectivity index (χ4v) is 4.38. The Kier molecular flexibility index (Phi) is 6.26. The van der Waals surface area contributed by atoms with E-state index in [1.165, 1.54) is 4.31 Å². The molecule has 0 N–H and O–H groups in total. The molecule has 3 rings (SSSR count). The predicted octanol–water partition coefficient (Wildman–Crippen LogP) is 4.89. The fraction of sp³-hybridized carbons (Fsp3) is 0.167. The Labute approximate surface area is 172 Å². The van der Waals surface area contributed by atoms with E-state index in [1.807, 2.05) is 55.5 Å². The molecule has 148 valence electrons. The van der Waals surface area contributed by atoms with Gasteiger partial charge in [-0.05, 0) is 49.2 Å². The quantitative estimate of drug-likeness (QED) is 0.549. The summed E-state index contributed by atoms with van der Waals surface area (Å²) in [4.78, 5) is 0.205. The van der Waals surface area contributed by atoms with Gasteiger partial charge in [-0.3, -0.25) is 4.31 Å². The fourth-order valence-electron chi connectivity index (χ4n) is 3.11. The molecule has 0 unspecified atom stereocenters. The van der Waals surface area contributed by atoms with Crippen LogP contribution in [0.3, 0.4) is 0 Å². The number of hydrogen-bond donors (Lipinski definition) is 0. The molecule has 0 aliphatic heterocycles. The third kappa shape index (κ3) is 4.44. The lowest BCUT2D eigenvalue weighted by Crippen LogP contribution is -2.27. The van der Waals surface area contributed by atoms with Gasteiger partial charge in [-0.1, -0.05) is 54.5 Å². The third-order valence-electron chi connectivity index (χ3n) is 4.61. The zero-order valence-electron chi connectivity index (χ0n) is 16.7. The van der Waals surface area contributed by atoms with Gasteiger partial charge in [0.1, 0.15) is 12.4 Å². The van der Waals surface area contributed by atoms with Crippen LogP contribution in [-0.2, 0) is 10.0 Å². The summed E-state index contributed by atoms with van der Waals surface area (Å²) in [6.07, 6.45) is 0. The van der Waals surface area contributed by atoms with Crippen LogP contribution in [0.15, 0.2) is 77.7 Å². The normalized spacial score (nSPS) is 10.7. The van der Waals surface area contributed by atoms with Crippen LogP contribution in [0.25, 0.3) is 11.1 Å². The van der Waals surface area contributed by atoms with Crippen molar-refractivity contribution in [3.05, 3.63) is 78.4 Å². The second-order valence-electron chi connectivity index (χ2n) is 6.50. The zero-order valence-corrected chi connectivity index (χ0v) is 17.5. The number of benzene rings is 3. The van der Waals surface area contributed by atoms with E-state index in [2.05, 4.69) is 11.8 Å². The average Bonchev–Trinajstić information content (AvgIpc) is 2.74. The first-order valence-electron chi connectivity index (χ1n) is 9.21. The Morgan fingerprint density at radius 2 is 1.62 bits per heavy atom. The molecule has 0 saturated carbocycles. The topological polar surface area (TPSA) is 46.6 Å². The third-order valence-corrected chi connectivity index (χ3v) is 6.38. The maximum absolute atomic E-state index is 13.3. The molecule has 0 atom stereocenters. The first-order valence-corrected chi connectivity index (χ1v) is 10.7. The molecule has 4 nitrogen and oxygen atoms in total. The van der Waals surface area contributed by atoms with E-state index in [4.69, 9.17) is 4.74 Å². The van der Waals surface area contributed by atoms with Crippen LogP contribution in [0, 0.1) is 18.8 Å². The molecule has 0 aliphatic rings. The first-order chi connectivity index (χ1) is 13.9. The van der Waals surface area contributed by atoms with E-state index < -0.39 is 10.0 Å². The highest BCUT2D eigenvalue weighted by Gasteiger charge is 2.25. The van der Waals surface area contributed by atoms with Crippen molar-refractivity contribution in [2.75, 3.05) is 18.0 Å². The number of ether oxygens (including phenoxy) is 1. The molecule has 0 aromatic heterocycles. The molecule has 0 amide bonds. The van der Waals surface area contributed by atoms with Crippen molar-refractivity contribution in [1.29, 1.82) is 0 Å². The Bertz CT molecular complexity index is 1140. The van der Waals surface area contributed by atoms with Gasteiger partial charge in [0.05, 0.1) is 10.6 Å². The number of anilines is 1. The summed E-state index contributed by atoms with van der Waals surface area (Å²) in [7, 11) is -2.15. The minimum atomic E-state index is -3.74. The van der Waals surface area contributed by atoms with Crippen LogP contribution < -0.4 is 9.04 Å². The molecule has 0 spiro atoms. The minimum Gasteiger partial charge on any atom is -0.481 e. The van der Waals surface area contributed by atoms with E-state index in [0.29, 0.717) is 11.4 Å². The molecule has 0 aliphatic carbocycles. The molecule has 0 heterocycles. The predicted molar refractivity (Wildman–Crippen MR) is 118 cm³/mol. The molecular formula is C24H23NO3S. The number of para-hydroxylation sites is 1. The summed E-state index contributed by atoms with van der Waals surface area (Å²) in [6, 6.07) is 22.0. The largest absolute Gasteiger partial charge is 0.481 e. The molecular weight excluding hydrogens is 382 g/mol. The lowest BCUT2D eigenvalue weighted by atomic mass is 10.0. The van der Waals surface area contributed by atoms with Crippen LogP contribution in [0.5, 0.6) is 5.75 Å². The average molecular weight is 406 g/mol. The lowest BCUT2D eigenvalue weighted by molar-refractivity contribution is 0.370. The molecule has 0 saturated heterocycles. The van der Waals surface area contributed by atoms with Crippen molar-refractivity contribution in [3.8, 4) is 28.7 Å². The summed E-state index contributed by atoms with van der Waals surface area (Å²) < 4.78 is 33.4. The number of sulfonamides is 1. The van der Waals surface area contributed by atoms with Gasteiger partial charge >= 0.3 is 0 Å². The van der Waals surface area contributed by atoms with E-state index in [9.17, 15) is 8.42 Å². The van der Waals surface area contributed by atoms with Gasteiger partial charge in [-0.2, -0.15) is 0 Å². The van der Waals surface area contributed by atoms with Gasteiger partial charge in [0.15, 0.2) is 0 Å². The number of rotatable bonds is 6. The van der Waals surface area contributed by atoms with Crippen LogP contribution in [0.4, 0.5) is 5.69 Å². The second-order valence-corrected chi connectivity index (χ2v) is 8.47. The summed E-state index contributed by atoms with van der Waals surface area (Å²) in [5.74, 6) is 6.14. The van der Waals surface area contributed by atoms with Gasteiger partial charge in [0.25, 0.3) is 10.0 Å². The highest BCUT2D eigenvalue weighted by molar-refractivity contribution is 7.92. The van der Waals surface area contributed by atoms with E-state index in [0.717, 1.165) is 16.7 Å². The monoisotopic (exact) mass is 405 g/mol. The molecule has 3 aromatic rings. The molecule has 0 radical (unpaired) electrons. The number of nitrogens with zero attached hydrogens (tertiary/aromatic N) is 1. The van der Waals surface area contributed by atoms with Crippen molar-refractivity contribution in [2.45, 2.75) is 18.7 Å². The van der Waals surface area contributed by atoms with Crippen LogP contribution >= 0.6 is 0 Å². The van der Waals surface area contributed by atoms with Gasteiger partial charge < -0.3 is 4.74 Å². The smallest absolute Gasteiger partial charge is 0.264 e. The molecule has 29 heavy (non-hydrogen) atoms. The van der Waals surface area contributed by atoms with Gasteiger partial charge in [-0.15, -0.1) is 5.92 Å². The van der Waals surface area contributed by atoms with Gasteiger partial charge in [-0.25, -0.2) is 8.42 Å². The number of hydrogen-bond acceptors (Lipinski definition) is 3. The summed E-state index contributed by atoms with van der Waals surface area (Å²) in [6.45, 7) is 3.93. The Morgan fingerprint density at radius 1 is 0.931 bits per heavy atom. The van der Waals surface area contributed by atoms with Crippen molar-refractivity contribution in [1.82, 2.24) is 0 Å². The molecule has 3 aromatic carbocycles.